The summed E-state index contributed by atoms with van der Waals surface area (Å²) in [5, 5.41) is 0. The van der Waals surface area contributed by atoms with Crippen LogP contribution in [0.5, 0.6) is 11.5 Å². The van der Waals surface area contributed by atoms with Crippen molar-refractivity contribution in [1.29, 1.82) is 0 Å². The third-order valence-electron chi connectivity index (χ3n) is 1.85. The molecule has 4 heteroatoms. The van der Waals surface area contributed by atoms with Crippen LogP contribution in [0.4, 0.5) is 0 Å². The Hall–Kier alpha value is -1.71. The van der Waals surface area contributed by atoms with Crippen molar-refractivity contribution >= 4 is 5.91 Å². The summed E-state index contributed by atoms with van der Waals surface area (Å²) in [5.74, 6) is 0.775. The molecule has 78 valence electrons. The van der Waals surface area contributed by atoms with E-state index in [1.165, 1.54) is 7.11 Å². The van der Waals surface area contributed by atoms with E-state index >= 15 is 0 Å². The lowest BCUT2D eigenvalue weighted by Gasteiger charge is -2.10. The zero-order valence-corrected chi connectivity index (χ0v) is 8.24. The van der Waals surface area contributed by atoms with Crippen molar-refractivity contribution in [3.05, 3.63) is 23.8 Å². The van der Waals surface area contributed by atoms with E-state index in [0.29, 0.717) is 11.5 Å². The van der Waals surface area contributed by atoms with Crippen molar-refractivity contribution in [2.24, 2.45) is 5.73 Å². The number of nitrogens with two attached hydrogens (primary N) is 1. The third kappa shape index (κ3) is 2.16. The molecule has 0 heterocycles. The fourth-order valence-electron chi connectivity index (χ4n) is 1.28. The minimum absolute atomic E-state index is 0. The van der Waals surface area contributed by atoms with E-state index in [9.17, 15) is 4.79 Å². The van der Waals surface area contributed by atoms with Gasteiger partial charge < -0.3 is 15.2 Å². The monoisotopic (exact) mass is 197 g/mol. The molecule has 0 spiro atoms. The molecule has 0 fully saturated rings. The topological polar surface area (TPSA) is 61.5 Å². The summed E-state index contributed by atoms with van der Waals surface area (Å²) in [6.45, 7) is 0. The van der Waals surface area contributed by atoms with Crippen LogP contribution < -0.4 is 15.2 Å². The Morgan fingerprint density at radius 2 is 2.14 bits per heavy atom. The first-order valence-electron chi connectivity index (χ1n) is 4.17. The van der Waals surface area contributed by atoms with E-state index in [1.54, 1.807) is 25.3 Å². The van der Waals surface area contributed by atoms with E-state index < -0.39 is 5.91 Å². The molecule has 2 N–H and O–H groups in total. The Kier molecular flexibility index (Phi) is 3.34. The van der Waals surface area contributed by atoms with Crippen LogP contribution in [-0.4, -0.2) is 20.1 Å². The molecular formula is C10H15NO3. The van der Waals surface area contributed by atoms with Gasteiger partial charge >= 0.3 is 0 Å². The van der Waals surface area contributed by atoms with E-state index in [-0.39, 0.29) is 7.85 Å². The number of hydrogen-bond donors (Lipinski definition) is 1. The van der Waals surface area contributed by atoms with Crippen LogP contribution in [0.25, 0.3) is 0 Å². The molecule has 0 unspecified atom stereocenters. The number of carbonyl (C=O) groups is 1. The predicted octanol–water partition coefficient (Wildman–Crippen LogP) is 0.978. The average molecular weight is 197 g/mol. The first-order chi connectivity index (χ1) is 6.69. The second kappa shape index (κ2) is 4.50. The lowest BCUT2D eigenvalue weighted by molar-refractivity contribution is -0.117. The van der Waals surface area contributed by atoms with Crippen LogP contribution in [0.15, 0.2) is 18.2 Å². The summed E-state index contributed by atoms with van der Waals surface area (Å²) in [7, 11) is 3.08. The van der Waals surface area contributed by atoms with Crippen molar-refractivity contribution in [3.63, 3.8) is 0 Å². The minimum atomic E-state index is -0.392. The van der Waals surface area contributed by atoms with Gasteiger partial charge in [-0.15, -0.1) is 0 Å². The molecule has 0 aliphatic carbocycles. The minimum Gasteiger partial charge on any atom is -0.493 e. The number of primary amides is 1. The Labute approximate surface area is 84.1 Å². The molecule has 1 rings (SSSR count). The maximum atomic E-state index is 10.8. The van der Waals surface area contributed by atoms with Crippen molar-refractivity contribution < 1.29 is 15.7 Å². The van der Waals surface area contributed by atoms with Gasteiger partial charge in [0.25, 0.3) is 0 Å². The molecule has 0 bridgehead atoms. The van der Waals surface area contributed by atoms with Gasteiger partial charge in [0.2, 0.25) is 5.91 Å². The number of carbonyl (C=O) groups excluding carboxylic acids is 1. The first kappa shape index (κ1) is 10.4. The summed E-state index contributed by atoms with van der Waals surface area (Å²) >= 11 is 0. The van der Waals surface area contributed by atoms with Crippen LogP contribution in [0, 0.1) is 0 Å². The van der Waals surface area contributed by atoms with Gasteiger partial charge in [-0.25, -0.2) is 0 Å². The van der Waals surface area contributed by atoms with Crippen molar-refractivity contribution in [2.45, 2.75) is 6.42 Å². The Bertz CT molecular complexity index is 341. The van der Waals surface area contributed by atoms with Crippen molar-refractivity contribution in [2.75, 3.05) is 14.2 Å². The van der Waals surface area contributed by atoms with Gasteiger partial charge in [-0.3, -0.25) is 4.79 Å². The summed E-state index contributed by atoms with van der Waals surface area (Å²) in [6, 6.07) is 5.34. The highest BCUT2D eigenvalue weighted by molar-refractivity contribution is 5.77. The highest BCUT2D eigenvalue weighted by atomic mass is 16.5. The van der Waals surface area contributed by atoms with E-state index in [1.807, 2.05) is 0 Å². The van der Waals surface area contributed by atoms with Crippen molar-refractivity contribution in [3.8, 4) is 11.5 Å². The summed E-state index contributed by atoms with van der Waals surface area (Å²) < 4.78 is 10.2. The fraction of sp³-hybridized carbons (Fsp3) is 0.300. The predicted molar refractivity (Wildman–Crippen MR) is 54.6 cm³/mol. The number of hydrogen-bond acceptors (Lipinski definition) is 3. The maximum Gasteiger partial charge on any atom is 0.221 e. The number of rotatable bonds is 4. The number of para-hydroxylation sites is 1. The molecule has 1 aromatic rings. The van der Waals surface area contributed by atoms with Gasteiger partial charge in [0.1, 0.15) is 0 Å². The molecule has 0 atom stereocenters. The highest BCUT2D eigenvalue weighted by Gasteiger charge is 2.10. The van der Waals surface area contributed by atoms with Gasteiger partial charge in [0, 0.05) is 6.99 Å². The van der Waals surface area contributed by atoms with Gasteiger partial charge in [0.15, 0.2) is 11.5 Å². The molecule has 1 aromatic carbocycles. The van der Waals surface area contributed by atoms with Crippen LogP contribution in [0.2, 0.25) is 0 Å². The Balaban J connectivity index is 0.00000196. The van der Waals surface area contributed by atoms with Gasteiger partial charge in [-0.2, -0.15) is 0 Å². The lowest BCUT2D eigenvalue weighted by atomic mass is 10.1. The zero-order valence-electron chi connectivity index (χ0n) is 8.24. The average Bonchev–Trinajstić information content (AvgIpc) is 2.16. The summed E-state index contributed by atoms with van der Waals surface area (Å²) in [4.78, 5) is 10.8. The van der Waals surface area contributed by atoms with Crippen LogP contribution in [0.3, 0.4) is 0 Å². The highest BCUT2D eigenvalue weighted by Crippen LogP contribution is 2.30. The molecule has 0 saturated carbocycles. The quantitative estimate of drug-likeness (QED) is 0.782. The number of methoxy groups -OCH3 is 2. The van der Waals surface area contributed by atoms with E-state index in [2.05, 4.69) is 0 Å². The molecule has 4 nitrogen and oxygen atoms in total. The lowest BCUT2D eigenvalue weighted by Crippen LogP contribution is -2.14. The molecule has 1 amide bonds. The third-order valence-corrected chi connectivity index (χ3v) is 1.85. The molecule has 0 saturated heterocycles. The van der Waals surface area contributed by atoms with Crippen LogP contribution in [0.1, 0.15) is 6.99 Å². The SMILES string of the molecule is COc1cccc(CC(N)=O)c1OC.[HH]. The van der Waals surface area contributed by atoms with Gasteiger partial charge in [-0.1, -0.05) is 12.1 Å². The van der Waals surface area contributed by atoms with E-state index in [0.717, 1.165) is 5.56 Å². The second-order valence-electron chi connectivity index (χ2n) is 2.80. The molecular weight excluding hydrogens is 182 g/mol. The normalized spacial score (nSPS) is 9.57. The first-order valence-corrected chi connectivity index (χ1v) is 4.17. The summed E-state index contributed by atoms with van der Waals surface area (Å²) in [5.41, 5.74) is 5.84. The molecule has 0 radical (unpaired) electrons. The maximum absolute atomic E-state index is 10.8. The Morgan fingerprint density at radius 3 is 2.64 bits per heavy atom. The largest absolute Gasteiger partial charge is 0.493 e. The molecule has 0 aromatic heterocycles. The molecule has 14 heavy (non-hydrogen) atoms. The molecule has 0 aliphatic heterocycles. The Morgan fingerprint density at radius 1 is 1.43 bits per heavy atom. The van der Waals surface area contributed by atoms with E-state index in [4.69, 9.17) is 15.2 Å². The number of benzene rings is 1. The van der Waals surface area contributed by atoms with Gasteiger partial charge in [0.05, 0.1) is 20.6 Å². The number of ether oxygens (including phenoxy) is 2. The second-order valence-corrected chi connectivity index (χ2v) is 2.80. The molecule has 0 aliphatic rings. The zero-order chi connectivity index (χ0) is 10.6. The van der Waals surface area contributed by atoms with Crippen LogP contribution >= 0.6 is 0 Å². The smallest absolute Gasteiger partial charge is 0.221 e. The summed E-state index contributed by atoms with van der Waals surface area (Å²) in [6.07, 6.45) is 0.153. The van der Waals surface area contributed by atoms with Gasteiger partial charge in [-0.05, 0) is 6.07 Å². The fourth-order valence-corrected chi connectivity index (χ4v) is 1.28. The van der Waals surface area contributed by atoms with Crippen molar-refractivity contribution in [1.82, 2.24) is 0 Å². The number of amides is 1. The standard InChI is InChI=1S/C10H13NO3.H2/c1-13-8-5-3-4-7(6-9(11)12)10(8)14-2;/h3-5H,6H2,1-2H3,(H2,11,12);1H. The van der Waals surface area contributed by atoms with Crippen LogP contribution in [-0.2, 0) is 11.2 Å².